The maximum absolute atomic E-state index is 11.6. The molecule has 3 heterocycles. The molecular formula is C19H32O6. The third-order valence-electron chi connectivity index (χ3n) is 5.27. The summed E-state index contributed by atoms with van der Waals surface area (Å²) in [5.41, 5.74) is -0.676. The Hall–Kier alpha value is -0.850. The third kappa shape index (κ3) is 5.31. The monoisotopic (exact) mass is 356 g/mol. The van der Waals surface area contributed by atoms with E-state index in [2.05, 4.69) is 20.8 Å². The fourth-order valence-electron chi connectivity index (χ4n) is 3.32. The van der Waals surface area contributed by atoms with Crippen LogP contribution >= 0.6 is 0 Å². The van der Waals surface area contributed by atoms with Crippen LogP contribution in [0, 0.1) is 0 Å². The Kier molecular flexibility index (Phi) is 4.84. The Morgan fingerprint density at radius 1 is 1.00 bits per heavy atom. The minimum atomic E-state index is -0.638. The molecule has 0 saturated carbocycles. The number of epoxide rings is 3. The Morgan fingerprint density at radius 3 is 2.24 bits per heavy atom. The molecule has 144 valence electrons. The first-order valence-corrected chi connectivity index (χ1v) is 9.35. The van der Waals surface area contributed by atoms with Gasteiger partial charge < -0.3 is 23.7 Å². The second-order valence-corrected chi connectivity index (χ2v) is 9.23. The van der Waals surface area contributed by atoms with E-state index in [1.807, 2.05) is 20.8 Å². The SMILES string of the molecule is CC(C)(C)OC(=O)OC[C@H]1O[C@]1(C)CC[C@H]1O[C@@H]1CC[C@H]1OC1(C)C. The van der Waals surface area contributed by atoms with Gasteiger partial charge in [0.25, 0.3) is 0 Å². The summed E-state index contributed by atoms with van der Waals surface area (Å²) < 4.78 is 27.4. The molecular weight excluding hydrogens is 324 g/mol. The Morgan fingerprint density at radius 2 is 1.64 bits per heavy atom. The zero-order valence-corrected chi connectivity index (χ0v) is 16.3. The molecule has 0 N–H and O–H groups in total. The first-order valence-electron chi connectivity index (χ1n) is 9.35. The van der Waals surface area contributed by atoms with Crippen LogP contribution in [0.1, 0.15) is 67.2 Å². The van der Waals surface area contributed by atoms with Gasteiger partial charge in [-0.2, -0.15) is 0 Å². The topological polar surface area (TPSA) is 73.1 Å². The summed E-state index contributed by atoms with van der Waals surface area (Å²) in [6.07, 6.45) is 4.49. The van der Waals surface area contributed by atoms with Crippen molar-refractivity contribution >= 4 is 6.16 Å². The molecule has 0 radical (unpaired) electrons. The van der Waals surface area contributed by atoms with Crippen LogP contribution in [0.3, 0.4) is 0 Å². The molecule has 0 aliphatic carbocycles. The quantitative estimate of drug-likeness (QED) is 0.489. The van der Waals surface area contributed by atoms with Crippen LogP contribution in [-0.2, 0) is 23.7 Å². The van der Waals surface area contributed by atoms with Gasteiger partial charge in [-0.05, 0) is 67.2 Å². The average Bonchev–Trinajstić information content (AvgIpc) is 3.36. The van der Waals surface area contributed by atoms with Crippen LogP contribution < -0.4 is 0 Å². The number of rotatable bonds is 8. The second kappa shape index (κ2) is 6.39. The van der Waals surface area contributed by atoms with E-state index in [0.29, 0.717) is 18.3 Å². The largest absolute Gasteiger partial charge is 0.508 e. The molecule has 6 heteroatoms. The number of carbonyl (C=O) groups excluding carboxylic acids is 1. The summed E-state index contributed by atoms with van der Waals surface area (Å²) in [4.78, 5) is 11.6. The van der Waals surface area contributed by atoms with Gasteiger partial charge in [0, 0.05) is 0 Å². The minimum Gasteiger partial charge on any atom is -0.431 e. The zero-order valence-electron chi connectivity index (χ0n) is 16.3. The lowest BCUT2D eigenvalue weighted by Gasteiger charge is -2.18. The zero-order chi connectivity index (χ0) is 18.5. The van der Waals surface area contributed by atoms with Gasteiger partial charge in [0.15, 0.2) is 0 Å². The first kappa shape index (κ1) is 18.9. The Bertz CT molecular complexity index is 511. The summed E-state index contributed by atoms with van der Waals surface area (Å²) >= 11 is 0. The molecule has 0 aromatic heterocycles. The van der Waals surface area contributed by atoms with E-state index in [0.717, 1.165) is 25.7 Å². The standard InChI is InChI=1S/C19H32O6/c1-17(2,3)25-16(20)21-11-15-19(6,24-15)10-9-13-12(22-13)7-8-14-18(4,5)23-14/h12-15H,7-11H2,1-6H3/t12-,13-,14-,15-,19-/m1/s1. The summed E-state index contributed by atoms with van der Waals surface area (Å²) in [6.45, 7) is 12.0. The molecule has 25 heavy (non-hydrogen) atoms. The maximum Gasteiger partial charge on any atom is 0.508 e. The van der Waals surface area contributed by atoms with Crippen molar-refractivity contribution < 1.29 is 28.5 Å². The first-order chi connectivity index (χ1) is 11.5. The van der Waals surface area contributed by atoms with Crippen molar-refractivity contribution in [3.8, 4) is 0 Å². The number of ether oxygens (including phenoxy) is 5. The molecule has 3 aliphatic heterocycles. The predicted molar refractivity (Wildman–Crippen MR) is 91.5 cm³/mol. The highest BCUT2D eigenvalue weighted by molar-refractivity contribution is 5.60. The Balaban J connectivity index is 1.26. The summed E-state index contributed by atoms with van der Waals surface area (Å²) in [5, 5.41) is 0. The number of hydrogen-bond acceptors (Lipinski definition) is 6. The summed E-state index contributed by atoms with van der Waals surface area (Å²) in [7, 11) is 0. The van der Waals surface area contributed by atoms with Crippen molar-refractivity contribution in [3.05, 3.63) is 0 Å². The lowest BCUT2D eigenvalue weighted by Crippen LogP contribution is -2.26. The second-order valence-electron chi connectivity index (χ2n) is 9.23. The van der Waals surface area contributed by atoms with Gasteiger partial charge >= 0.3 is 6.16 Å². The van der Waals surface area contributed by atoms with E-state index in [-0.39, 0.29) is 23.9 Å². The van der Waals surface area contributed by atoms with Gasteiger partial charge in [-0.3, -0.25) is 0 Å². The molecule has 0 aromatic carbocycles. The van der Waals surface area contributed by atoms with Crippen molar-refractivity contribution in [2.75, 3.05) is 6.61 Å². The molecule has 3 aliphatic rings. The maximum atomic E-state index is 11.6. The average molecular weight is 356 g/mol. The van der Waals surface area contributed by atoms with Crippen molar-refractivity contribution in [2.24, 2.45) is 0 Å². The number of hydrogen-bond donors (Lipinski definition) is 0. The van der Waals surface area contributed by atoms with Gasteiger partial charge in [-0.25, -0.2) is 4.79 Å². The van der Waals surface area contributed by atoms with Gasteiger partial charge in [-0.15, -0.1) is 0 Å². The van der Waals surface area contributed by atoms with Gasteiger partial charge in [-0.1, -0.05) is 0 Å². The summed E-state index contributed by atoms with van der Waals surface area (Å²) in [5.74, 6) is 0. The summed E-state index contributed by atoms with van der Waals surface area (Å²) in [6, 6.07) is 0. The third-order valence-corrected chi connectivity index (χ3v) is 5.27. The lowest BCUT2D eigenvalue weighted by atomic mass is 9.98. The minimum absolute atomic E-state index is 0.0436. The van der Waals surface area contributed by atoms with E-state index in [1.165, 1.54) is 0 Å². The van der Waals surface area contributed by atoms with E-state index >= 15 is 0 Å². The van der Waals surface area contributed by atoms with Crippen molar-refractivity contribution in [1.82, 2.24) is 0 Å². The van der Waals surface area contributed by atoms with Crippen LogP contribution in [-0.4, -0.2) is 54.0 Å². The van der Waals surface area contributed by atoms with Crippen LogP contribution in [0.25, 0.3) is 0 Å². The van der Waals surface area contributed by atoms with Crippen LogP contribution in [0.5, 0.6) is 0 Å². The van der Waals surface area contributed by atoms with Crippen LogP contribution in [0.4, 0.5) is 4.79 Å². The molecule has 0 aromatic rings. The lowest BCUT2D eigenvalue weighted by molar-refractivity contribution is -0.00949. The molecule has 0 unspecified atom stereocenters. The molecule has 6 nitrogen and oxygen atoms in total. The molecule has 3 rings (SSSR count). The highest BCUT2D eigenvalue weighted by Gasteiger charge is 2.54. The normalized spacial score (nSPS) is 38.2. The van der Waals surface area contributed by atoms with E-state index < -0.39 is 11.8 Å². The molecule has 3 saturated heterocycles. The fourth-order valence-corrected chi connectivity index (χ4v) is 3.32. The van der Waals surface area contributed by atoms with E-state index in [4.69, 9.17) is 23.7 Å². The van der Waals surface area contributed by atoms with Crippen molar-refractivity contribution in [2.45, 2.75) is 108 Å². The van der Waals surface area contributed by atoms with Crippen LogP contribution in [0.15, 0.2) is 0 Å². The number of carbonyl (C=O) groups is 1. The smallest absolute Gasteiger partial charge is 0.431 e. The molecule has 0 spiro atoms. The van der Waals surface area contributed by atoms with Crippen molar-refractivity contribution in [3.63, 3.8) is 0 Å². The predicted octanol–water partition coefficient (Wildman–Crippen LogP) is 3.60. The van der Waals surface area contributed by atoms with E-state index in [1.54, 1.807) is 0 Å². The van der Waals surface area contributed by atoms with Gasteiger partial charge in [0.05, 0.1) is 29.5 Å². The molecule has 3 fully saturated rings. The van der Waals surface area contributed by atoms with Crippen molar-refractivity contribution in [1.29, 1.82) is 0 Å². The van der Waals surface area contributed by atoms with Crippen LogP contribution in [0.2, 0.25) is 0 Å². The molecule has 5 atom stereocenters. The highest BCUT2D eigenvalue weighted by Crippen LogP contribution is 2.45. The van der Waals surface area contributed by atoms with E-state index in [9.17, 15) is 4.79 Å². The molecule has 0 amide bonds. The van der Waals surface area contributed by atoms with Gasteiger partial charge in [0.1, 0.15) is 18.3 Å². The van der Waals surface area contributed by atoms with Gasteiger partial charge in [0.2, 0.25) is 0 Å². The molecule has 0 bridgehead atoms. The highest BCUT2D eigenvalue weighted by atomic mass is 16.7. The Labute approximate surface area is 150 Å². The fraction of sp³-hybridized carbons (Fsp3) is 0.947.